The van der Waals surface area contributed by atoms with Crippen LogP contribution < -0.4 is 10.0 Å². The number of benzene rings is 2. The maximum atomic E-state index is 13.5. The molecule has 2 rings (SSSR count). The molecule has 2 N–H and O–H groups in total. The summed E-state index contributed by atoms with van der Waals surface area (Å²) in [6, 6.07) is 6.11. The fraction of sp³-hybridized carbons (Fsp3) is 0.235. The first kappa shape index (κ1) is 20.8. The zero-order valence-corrected chi connectivity index (χ0v) is 15.1. The molecule has 0 aliphatic carbocycles. The maximum absolute atomic E-state index is 13.5. The van der Waals surface area contributed by atoms with Crippen LogP contribution in [0.25, 0.3) is 0 Å². The molecule has 0 fully saturated rings. The van der Waals surface area contributed by atoms with Crippen LogP contribution in [-0.4, -0.2) is 20.4 Å². The van der Waals surface area contributed by atoms with E-state index in [0.29, 0.717) is 11.6 Å². The zero-order valence-electron chi connectivity index (χ0n) is 14.3. The van der Waals surface area contributed by atoms with Crippen LogP contribution in [0, 0.1) is 12.7 Å². The van der Waals surface area contributed by atoms with E-state index in [2.05, 4.69) is 5.32 Å². The molecular formula is C17H16F4N2O3S. The molecule has 0 bridgehead atoms. The highest BCUT2D eigenvalue weighted by Gasteiger charge is 2.37. The van der Waals surface area contributed by atoms with Crippen LogP contribution in [-0.2, 0) is 21.0 Å². The van der Waals surface area contributed by atoms with E-state index < -0.39 is 44.4 Å². The minimum absolute atomic E-state index is 0.0878. The monoisotopic (exact) mass is 404 g/mol. The molecule has 1 amide bonds. The normalized spacial score (nSPS) is 13.3. The van der Waals surface area contributed by atoms with Gasteiger partial charge in [0.05, 0.1) is 16.5 Å². The van der Waals surface area contributed by atoms with Crippen molar-refractivity contribution in [2.24, 2.45) is 0 Å². The Hall–Kier alpha value is -2.46. The van der Waals surface area contributed by atoms with Gasteiger partial charge in [-0.05, 0) is 43.7 Å². The Bertz CT molecular complexity index is 959. The highest BCUT2D eigenvalue weighted by Crippen LogP contribution is 2.33. The maximum Gasteiger partial charge on any atom is 0.417 e. The summed E-state index contributed by atoms with van der Waals surface area (Å²) in [5.41, 5.74) is -0.902. The lowest BCUT2D eigenvalue weighted by Crippen LogP contribution is -2.42. The zero-order chi connectivity index (χ0) is 20.4. The quantitative estimate of drug-likeness (QED) is 0.750. The van der Waals surface area contributed by atoms with E-state index in [9.17, 15) is 30.8 Å². The molecule has 1 atom stereocenters. The molecule has 146 valence electrons. The SMILES string of the molecule is Cc1ccc(NC(=O)[C@H](C)NS(=O)(=O)c2ccccc2C(F)(F)F)cc1F. The Morgan fingerprint density at radius 2 is 1.74 bits per heavy atom. The van der Waals surface area contributed by atoms with E-state index in [-0.39, 0.29) is 5.69 Å². The summed E-state index contributed by atoms with van der Waals surface area (Å²) in [6.45, 7) is 2.68. The molecule has 0 saturated carbocycles. The number of nitrogens with one attached hydrogen (secondary N) is 2. The van der Waals surface area contributed by atoms with Crippen molar-refractivity contribution in [2.45, 2.75) is 31.0 Å². The summed E-state index contributed by atoms with van der Waals surface area (Å²) in [5.74, 6) is -1.42. The molecular weight excluding hydrogens is 388 g/mol. The number of aryl methyl sites for hydroxylation is 1. The summed E-state index contributed by atoms with van der Waals surface area (Å²) in [6.07, 6.45) is -4.88. The van der Waals surface area contributed by atoms with Gasteiger partial charge in [0.1, 0.15) is 5.82 Å². The third-order valence-electron chi connectivity index (χ3n) is 3.65. The Kier molecular flexibility index (Phi) is 5.91. The smallest absolute Gasteiger partial charge is 0.325 e. The Balaban J connectivity index is 2.20. The lowest BCUT2D eigenvalue weighted by Gasteiger charge is -2.17. The summed E-state index contributed by atoms with van der Waals surface area (Å²) >= 11 is 0. The van der Waals surface area contributed by atoms with Crippen molar-refractivity contribution < 1.29 is 30.8 Å². The van der Waals surface area contributed by atoms with E-state index in [4.69, 9.17) is 0 Å². The summed E-state index contributed by atoms with van der Waals surface area (Å²) in [7, 11) is -4.63. The van der Waals surface area contributed by atoms with Crippen LogP contribution in [0.4, 0.5) is 23.2 Å². The third kappa shape index (κ3) is 5.04. The fourth-order valence-electron chi connectivity index (χ4n) is 2.21. The number of rotatable bonds is 5. The number of carbonyl (C=O) groups excluding carboxylic acids is 1. The number of hydrogen-bond donors (Lipinski definition) is 2. The average molecular weight is 404 g/mol. The van der Waals surface area contributed by atoms with Gasteiger partial charge in [0.25, 0.3) is 0 Å². The molecule has 0 heterocycles. The molecule has 27 heavy (non-hydrogen) atoms. The van der Waals surface area contributed by atoms with Crippen molar-refractivity contribution in [3.8, 4) is 0 Å². The molecule has 0 unspecified atom stereocenters. The van der Waals surface area contributed by atoms with Crippen molar-refractivity contribution in [3.63, 3.8) is 0 Å². The summed E-state index contributed by atoms with van der Waals surface area (Å²) in [5, 5.41) is 2.30. The van der Waals surface area contributed by atoms with Gasteiger partial charge in [-0.2, -0.15) is 17.9 Å². The van der Waals surface area contributed by atoms with E-state index in [1.807, 2.05) is 4.72 Å². The molecule has 10 heteroatoms. The van der Waals surface area contributed by atoms with Crippen LogP contribution in [0.5, 0.6) is 0 Å². The Morgan fingerprint density at radius 1 is 1.11 bits per heavy atom. The van der Waals surface area contributed by atoms with Gasteiger partial charge in [0, 0.05) is 5.69 Å². The number of anilines is 1. The second kappa shape index (κ2) is 7.65. The number of amides is 1. The highest BCUT2D eigenvalue weighted by atomic mass is 32.2. The van der Waals surface area contributed by atoms with Gasteiger partial charge in [0.2, 0.25) is 15.9 Å². The van der Waals surface area contributed by atoms with E-state index in [1.54, 1.807) is 0 Å². The van der Waals surface area contributed by atoms with Crippen LogP contribution in [0.2, 0.25) is 0 Å². The van der Waals surface area contributed by atoms with Gasteiger partial charge in [-0.25, -0.2) is 12.8 Å². The number of halogens is 4. The molecule has 0 radical (unpaired) electrons. The lowest BCUT2D eigenvalue weighted by atomic mass is 10.2. The van der Waals surface area contributed by atoms with Crippen molar-refractivity contribution in [1.29, 1.82) is 0 Å². The predicted molar refractivity (Wildman–Crippen MR) is 91.0 cm³/mol. The van der Waals surface area contributed by atoms with Gasteiger partial charge in [0.15, 0.2) is 0 Å². The van der Waals surface area contributed by atoms with Crippen LogP contribution in [0.15, 0.2) is 47.4 Å². The molecule has 0 saturated heterocycles. The standard InChI is InChI=1S/C17H16F4N2O3S/c1-10-7-8-12(9-14(10)18)22-16(24)11(2)23-27(25,26)15-6-4-3-5-13(15)17(19,20)21/h3-9,11,23H,1-2H3,(H,22,24)/t11-/m0/s1. The molecule has 0 spiro atoms. The topological polar surface area (TPSA) is 75.3 Å². The minimum atomic E-state index is -4.88. The van der Waals surface area contributed by atoms with Gasteiger partial charge in [-0.3, -0.25) is 4.79 Å². The van der Waals surface area contributed by atoms with E-state index in [1.165, 1.54) is 19.1 Å². The predicted octanol–water partition coefficient (Wildman–Crippen LogP) is 3.46. The molecule has 0 aromatic heterocycles. The first-order valence-electron chi connectivity index (χ1n) is 7.67. The highest BCUT2D eigenvalue weighted by molar-refractivity contribution is 7.89. The first-order valence-corrected chi connectivity index (χ1v) is 9.15. The second-order valence-electron chi connectivity index (χ2n) is 5.79. The van der Waals surface area contributed by atoms with Gasteiger partial charge in [-0.15, -0.1) is 0 Å². The number of hydrogen-bond acceptors (Lipinski definition) is 3. The second-order valence-corrected chi connectivity index (χ2v) is 7.47. The first-order chi connectivity index (χ1) is 12.4. The lowest BCUT2D eigenvalue weighted by molar-refractivity contribution is -0.139. The summed E-state index contributed by atoms with van der Waals surface area (Å²) in [4.78, 5) is 11.1. The minimum Gasteiger partial charge on any atom is -0.325 e. The van der Waals surface area contributed by atoms with Gasteiger partial charge in [-0.1, -0.05) is 18.2 Å². The van der Waals surface area contributed by atoms with Crippen molar-refractivity contribution in [2.75, 3.05) is 5.32 Å². The molecule has 0 aliphatic heterocycles. The number of carbonyl (C=O) groups is 1. The average Bonchev–Trinajstić information content (AvgIpc) is 2.57. The largest absolute Gasteiger partial charge is 0.417 e. The van der Waals surface area contributed by atoms with Gasteiger partial charge < -0.3 is 5.32 Å². The fourth-order valence-corrected chi connectivity index (χ4v) is 3.64. The van der Waals surface area contributed by atoms with Crippen molar-refractivity contribution in [1.82, 2.24) is 4.72 Å². The number of alkyl halides is 3. The Labute approximate surface area is 153 Å². The Morgan fingerprint density at radius 3 is 2.33 bits per heavy atom. The molecule has 0 aliphatic rings. The van der Waals surface area contributed by atoms with Crippen molar-refractivity contribution >= 4 is 21.6 Å². The van der Waals surface area contributed by atoms with Crippen molar-refractivity contribution in [3.05, 3.63) is 59.4 Å². The number of sulfonamides is 1. The molecule has 2 aromatic rings. The van der Waals surface area contributed by atoms with Crippen LogP contribution in [0.3, 0.4) is 0 Å². The molecule has 5 nitrogen and oxygen atoms in total. The molecule has 2 aromatic carbocycles. The van der Waals surface area contributed by atoms with E-state index >= 15 is 0 Å². The summed E-state index contributed by atoms with van der Waals surface area (Å²) < 4.78 is 79.1. The van der Waals surface area contributed by atoms with Crippen LogP contribution >= 0.6 is 0 Å². The third-order valence-corrected chi connectivity index (χ3v) is 5.25. The van der Waals surface area contributed by atoms with E-state index in [0.717, 1.165) is 31.2 Å². The van der Waals surface area contributed by atoms with Crippen LogP contribution in [0.1, 0.15) is 18.1 Å². The van der Waals surface area contributed by atoms with Gasteiger partial charge >= 0.3 is 6.18 Å².